The van der Waals surface area contributed by atoms with Crippen LogP contribution >= 0.6 is 11.8 Å². The molecule has 5 nitrogen and oxygen atoms in total. The summed E-state index contributed by atoms with van der Waals surface area (Å²) < 4.78 is 0. The number of aliphatic carboxylic acids is 1. The predicted octanol–water partition coefficient (Wildman–Crippen LogP) is 0.439. The third-order valence-corrected chi connectivity index (χ3v) is 3.78. The monoisotopic (exact) mass is 238 g/mol. The van der Waals surface area contributed by atoms with Gasteiger partial charge in [0, 0.05) is 18.1 Å². The average Bonchev–Trinajstić information content (AvgIpc) is 2.76. The number of rotatable bonds is 3. The third-order valence-electron chi connectivity index (χ3n) is 2.44. The average molecular weight is 238 g/mol. The zero-order chi connectivity index (χ0) is 11.6. The Labute approximate surface area is 96.3 Å². The van der Waals surface area contributed by atoms with Crippen molar-refractivity contribution < 1.29 is 14.7 Å². The van der Waals surface area contributed by atoms with Crippen molar-refractivity contribution in [2.45, 2.75) is 10.9 Å². The fourth-order valence-electron chi connectivity index (χ4n) is 1.48. The first kappa shape index (κ1) is 11.1. The lowest BCUT2D eigenvalue weighted by molar-refractivity contribution is -0.145. The predicted molar refractivity (Wildman–Crippen MR) is 59.0 cm³/mol. The molecule has 2 rings (SSSR count). The first-order chi connectivity index (χ1) is 7.68. The van der Waals surface area contributed by atoms with E-state index < -0.39 is 11.5 Å². The zero-order valence-electron chi connectivity index (χ0n) is 8.29. The number of carboxylic acid groups (broad SMARTS) is 1. The Kier molecular flexibility index (Phi) is 2.93. The quantitative estimate of drug-likeness (QED) is 0.587. The molecule has 0 unspecified atom stereocenters. The van der Waals surface area contributed by atoms with Crippen LogP contribution < -0.4 is 5.32 Å². The molecule has 0 aliphatic carbocycles. The minimum atomic E-state index is -1.47. The highest BCUT2D eigenvalue weighted by molar-refractivity contribution is 7.99. The molecule has 2 heterocycles. The van der Waals surface area contributed by atoms with E-state index in [1.54, 1.807) is 18.5 Å². The number of pyridine rings is 1. The molecule has 0 saturated carbocycles. The van der Waals surface area contributed by atoms with Crippen molar-refractivity contribution in [3.8, 4) is 0 Å². The molecule has 1 aliphatic rings. The molecule has 16 heavy (non-hydrogen) atoms. The lowest BCUT2D eigenvalue weighted by Crippen LogP contribution is -2.51. The van der Waals surface area contributed by atoms with Gasteiger partial charge in [0.25, 0.3) is 0 Å². The smallest absolute Gasteiger partial charge is 0.332 e. The Balaban J connectivity index is 2.20. The zero-order valence-corrected chi connectivity index (χ0v) is 9.11. The largest absolute Gasteiger partial charge is 0.480 e. The normalized spacial score (nSPS) is 28.9. The van der Waals surface area contributed by atoms with Gasteiger partial charge < -0.3 is 9.90 Å². The number of nitrogens with one attached hydrogen (secondary N) is 1. The van der Waals surface area contributed by atoms with E-state index >= 15 is 0 Å². The van der Waals surface area contributed by atoms with Crippen LogP contribution in [0.5, 0.6) is 0 Å². The van der Waals surface area contributed by atoms with Crippen molar-refractivity contribution in [2.75, 3.05) is 5.75 Å². The number of hydrogen-bond acceptors (Lipinski definition) is 5. The van der Waals surface area contributed by atoms with E-state index in [0.717, 1.165) is 5.56 Å². The van der Waals surface area contributed by atoms with Crippen LogP contribution in [0, 0.1) is 0 Å². The van der Waals surface area contributed by atoms with Gasteiger partial charge in [-0.25, -0.2) is 4.79 Å². The molecular formula is C10H10N2O3S. The van der Waals surface area contributed by atoms with Gasteiger partial charge in [-0.15, -0.1) is 11.8 Å². The highest BCUT2D eigenvalue weighted by Crippen LogP contribution is 2.36. The molecule has 1 saturated heterocycles. The number of carbonyl (C=O) groups excluding carboxylic acids is 1. The fraction of sp³-hybridized carbons (Fsp3) is 0.300. The first-order valence-corrected chi connectivity index (χ1v) is 5.72. The van der Waals surface area contributed by atoms with E-state index in [4.69, 9.17) is 5.11 Å². The van der Waals surface area contributed by atoms with Crippen LogP contribution in [0.2, 0.25) is 0 Å². The van der Waals surface area contributed by atoms with Crippen molar-refractivity contribution in [1.82, 2.24) is 10.3 Å². The molecule has 2 N–H and O–H groups in total. The van der Waals surface area contributed by atoms with Crippen molar-refractivity contribution >= 4 is 24.0 Å². The summed E-state index contributed by atoms with van der Waals surface area (Å²) in [7, 11) is 0. The summed E-state index contributed by atoms with van der Waals surface area (Å²) >= 11 is 1.39. The van der Waals surface area contributed by atoms with Crippen molar-refractivity contribution in [1.29, 1.82) is 0 Å². The van der Waals surface area contributed by atoms with E-state index in [1.165, 1.54) is 11.8 Å². The molecule has 1 fully saturated rings. The Hall–Kier alpha value is -1.40. The fourth-order valence-corrected chi connectivity index (χ4v) is 2.81. The Morgan fingerprint density at radius 1 is 1.75 bits per heavy atom. The summed E-state index contributed by atoms with van der Waals surface area (Å²) in [6.45, 7) is 0. The van der Waals surface area contributed by atoms with Crippen molar-refractivity contribution in [3.05, 3.63) is 30.1 Å². The molecule has 6 heteroatoms. The van der Waals surface area contributed by atoms with Crippen molar-refractivity contribution in [2.24, 2.45) is 0 Å². The second-order valence-electron chi connectivity index (χ2n) is 3.52. The summed E-state index contributed by atoms with van der Waals surface area (Å²) in [4.78, 5) is 25.8. The summed E-state index contributed by atoms with van der Waals surface area (Å²) in [5, 5.41) is 11.6. The third kappa shape index (κ3) is 1.81. The molecule has 0 bridgehead atoms. The van der Waals surface area contributed by atoms with Gasteiger partial charge in [0.1, 0.15) is 0 Å². The number of aromatic nitrogens is 1. The number of aldehydes is 1. The van der Waals surface area contributed by atoms with E-state index in [2.05, 4.69) is 10.3 Å². The maximum Gasteiger partial charge on any atom is 0.332 e. The summed E-state index contributed by atoms with van der Waals surface area (Å²) in [6.07, 6.45) is 3.76. The lowest BCUT2D eigenvalue weighted by Gasteiger charge is -2.17. The van der Waals surface area contributed by atoms with Gasteiger partial charge in [-0.3, -0.25) is 10.3 Å². The Bertz CT molecular complexity index is 412. The molecule has 1 aromatic rings. The van der Waals surface area contributed by atoms with E-state index in [9.17, 15) is 9.59 Å². The molecule has 0 aromatic carbocycles. The van der Waals surface area contributed by atoms with E-state index in [-0.39, 0.29) is 11.1 Å². The molecule has 2 atom stereocenters. The minimum absolute atomic E-state index is 0.199. The molecule has 0 spiro atoms. The molecule has 1 aliphatic heterocycles. The van der Waals surface area contributed by atoms with Gasteiger partial charge in [-0.05, 0) is 11.6 Å². The number of carbonyl (C=O) groups is 2. The standard InChI is InChI=1S/C10H10N2O3S/c13-5-10(9(14)15)6-16-8(12-10)7-2-1-3-11-4-7/h1-5,8,12H,6H2,(H,14,15)/t8-,10+/m1/s1. The van der Waals surface area contributed by atoms with Gasteiger partial charge >= 0.3 is 5.97 Å². The van der Waals surface area contributed by atoms with Crippen molar-refractivity contribution in [3.63, 3.8) is 0 Å². The topological polar surface area (TPSA) is 79.3 Å². The maximum atomic E-state index is 11.0. The van der Waals surface area contributed by atoms with Gasteiger partial charge in [0.2, 0.25) is 0 Å². The minimum Gasteiger partial charge on any atom is -0.480 e. The molecule has 0 amide bonds. The summed E-state index contributed by atoms with van der Waals surface area (Å²) in [5.41, 5.74) is -0.594. The highest BCUT2D eigenvalue weighted by atomic mass is 32.2. The number of hydrogen-bond donors (Lipinski definition) is 2. The van der Waals surface area contributed by atoms with Crippen LogP contribution in [0.3, 0.4) is 0 Å². The van der Waals surface area contributed by atoms with Crippen LogP contribution in [-0.4, -0.2) is 33.6 Å². The van der Waals surface area contributed by atoms with Crippen LogP contribution in [0.25, 0.3) is 0 Å². The number of carboxylic acids is 1. The second kappa shape index (κ2) is 4.23. The lowest BCUT2D eigenvalue weighted by atomic mass is 10.1. The van der Waals surface area contributed by atoms with Gasteiger partial charge in [-0.2, -0.15) is 0 Å². The van der Waals surface area contributed by atoms with Crippen LogP contribution in [-0.2, 0) is 9.59 Å². The summed E-state index contributed by atoms with van der Waals surface area (Å²) in [6, 6.07) is 3.62. The maximum absolute atomic E-state index is 11.0. The second-order valence-corrected chi connectivity index (χ2v) is 4.61. The summed E-state index contributed by atoms with van der Waals surface area (Å²) in [5.74, 6) is -0.910. The number of thioether (sulfide) groups is 1. The molecular weight excluding hydrogens is 228 g/mol. The highest BCUT2D eigenvalue weighted by Gasteiger charge is 2.46. The molecule has 84 valence electrons. The SMILES string of the molecule is O=C[C@@]1(C(=O)O)CS[C@H](c2cccnc2)N1. The Morgan fingerprint density at radius 2 is 2.56 bits per heavy atom. The van der Waals surface area contributed by atoms with Gasteiger partial charge in [0.05, 0.1) is 5.37 Å². The van der Waals surface area contributed by atoms with Crippen LogP contribution in [0.1, 0.15) is 10.9 Å². The molecule has 1 aromatic heterocycles. The molecule has 0 radical (unpaired) electrons. The Morgan fingerprint density at radius 3 is 3.06 bits per heavy atom. The first-order valence-electron chi connectivity index (χ1n) is 4.67. The van der Waals surface area contributed by atoms with Crippen LogP contribution in [0.4, 0.5) is 0 Å². The van der Waals surface area contributed by atoms with Gasteiger partial charge in [-0.1, -0.05) is 6.07 Å². The van der Waals surface area contributed by atoms with E-state index in [1.807, 2.05) is 6.07 Å². The number of nitrogens with zero attached hydrogens (tertiary/aromatic N) is 1. The van der Waals surface area contributed by atoms with E-state index in [0.29, 0.717) is 6.29 Å². The van der Waals surface area contributed by atoms with Crippen LogP contribution in [0.15, 0.2) is 24.5 Å². The van der Waals surface area contributed by atoms with Gasteiger partial charge in [0.15, 0.2) is 11.8 Å².